The van der Waals surface area contributed by atoms with Crippen LogP contribution in [0, 0.1) is 6.92 Å². The van der Waals surface area contributed by atoms with E-state index in [1.54, 1.807) is 12.1 Å². The molecule has 0 unspecified atom stereocenters. The van der Waals surface area contributed by atoms with Crippen LogP contribution in [0.3, 0.4) is 0 Å². The summed E-state index contributed by atoms with van der Waals surface area (Å²) in [6.45, 7) is 1.90. The smallest absolute Gasteiger partial charge is 0.257 e. The van der Waals surface area contributed by atoms with Gasteiger partial charge in [0.15, 0.2) is 5.01 Å². The van der Waals surface area contributed by atoms with Crippen LogP contribution in [0.25, 0.3) is 10.6 Å². The summed E-state index contributed by atoms with van der Waals surface area (Å²) >= 11 is 16.4. The number of aryl methyl sites for hydroxylation is 1. The van der Waals surface area contributed by atoms with Crippen molar-refractivity contribution < 1.29 is 9.90 Å². The standard InChI is InChI=1S/C16H10BrCl2N3O2S/c1-7-4-8(2-3-11(7)17)14(24)20-16-22-21-15(25-16)10-5-9(18)6-12(19)13(10)23/h2-6,23H,1H3,(H,20,22,24). The number of carbonyl (C=O) groups excluding carboxylic acids is 1. The number of hydrogen-bond donors (Lipinski definition) is 2. The molecule has 0 aliphatic heterocycles. The fraction of sp³-hybridized carbons (Fsp3) is 0.0625. The molecule has 2 aromatic carbocycles. The minimum atomic E-state index is -0.299. The molecule has 0 bridgehead atoms. The number of nitrogens with one attached hydrogen (secondary N) is 1. The van der Waals surface area contributed by atoms with E-state index in [0.29, 0.717) is 26.3 Å². The van der Waals surface area contributed by atoms with Crippen molar-refractivity contribution in [1.29, 1.82) is 0 Å². The van der Waals surface area contributed by atoms with Gasteiger partial charge in [0.05, 0.1) is 10.6 Å². The molecule has 1 aromatic heterocycles. The quantitative estimate of drug-likeness (QED) is 0.540. The summed E-state index contributed by atoms with van der Waals surface area (Å²) in [5.74, 6) is -0.435. The Kier molecular flexibility index (Phi) is 5.29. The second-order valence-corrected chi connectivity index (χ2v) is 7.79. The van der Waals surface area contributed by atoms with E-state index in [9.17, 15) is 9.90 Å². The van der Waals surface area contributed by atoms with Gasteiger partial charge in [0.25, 0.3) is 5.91 Å². The number of nitrogens with zero attached hydrogens (tertiary/aromatic N) is 2. The summed E-state index contributed by atoms with van der Waals surface area (Å²) in [5, 5.41) is 21.8. The molecular formula is C16H10BrCl2N3O2S. The molecule has 3 aromatic rings. The molecule has 1 heterocycles. The lowest BCUT2D eigenvalue weighted by Crippen LogP contribution is -2.11. The van der Waals surface area contributed by atoms with E-state index in [-0.39, 0.29) is 16.7 Å². The zero-order valence-corrected chi connectivity index (χ0v) is 16.6. The number of amides is 1. The van der Waals surface area contributed by atoms with Crippen LogP contribution in [-0.4, -0.2) is 21.2 Å². The van der Waals surface area contributed by atoms with Crippen molar-refractivity contribution in [2.24, 2.45) is 0 Å². The molecule has 128 valence electrons. The van der Waals surface area contributed by atoms with Crippen molar-refractivity contribution in [3.05, 3.63) is 56.0 Å². The number of phenols is 1. The van der Waals surface area contributed by atoms with Crippen LogP contribution in [0.4, 0.5) is 5.13 Å². The van der Waals surface area contributed by atoms with Crippen molar-refractivity contribution in [3.8, 4) is 16.3 Å². The lowest BCUT2D eigenvalue weighted by molar-refractivity contribution is 0.102. The maximum absolute atomic E-state index is 12.3. The van der Waals surface area contributed by atoms with Gasteiger partial charge in [-0.2, -0.15) is 0 Å². The van der Waals surface area contributed by atoms with Crippen LogP contribution in [-0.2, 0) is 0 Å². The Morgan fingerprint density at radius 1 is 1.24 bits per heavy atom. The van der Waals surface area contributed by atoms with Gasteiger partial charge in [-0.3, -0.25) is 10.1 Å². The number of halogens is 3. The topological polar surface area (TPSA) is 75.1 Å². The van der Waals surface area contributed by atoms with E-state index in [2.05, 4.69) is 31.4 Å². The van der Waals surface area contributed by atoms with Gasteiger partial charge in [-0.1, -0.05) is 50.5 Å². The molecule has 0 radical (unpaired) electrons. The van der Waals surface area contributed by atoms with Gasteiger partial charge in [0, 0.05) is 15.1 Å². The van der Waals surface area contributed by atoms with Crippen LogP contribution < -0.4 is 5.32 Å². The number of aromatic nitrogens is 2. The lowest BCUT2D eigenvalue weighted by atomic mass is 10.1. The maximum Gasteiger partial charge on any atom is 0.257 e. The summed E-state index contributed by atoms with van der Waals surface area (Å²) < 4.78 is 0.926. The van der Waals surface area contributed by atoms with E-state index >= 15 is 0 Å². The van der Waals surface area contributed by atoms with E-state index in [0.717, 1.165) is 21.4 Å². The third kappa shape index (κ3) is 3.95. The number of benzene rings is 2. The largest absolute Gasteiger partial charge is 0.506 e. The minimum absolute atomic E-state index is 0.119. The summed E-state index contributed by atoms with van der Waals surface area (Å²) in [4.78, 5) is 12.3. The first-order valence-electron chi connectivity index (χ1n) is 6.94. The number of hydrogen-bond acceptors (Lipinski definition) is 5. The van der Waals surface area contributed by atoms with Gasteiger partial charge in [0.1, 0.15) is 5.75 Å². The highest BCUT2D eigenvalue weighted by Crippen LogP contribution is 2.39. The highest BCUT2D eigenvalue weighted by Gasteiger charge is 2.16. The molecular weight excluding hydrogens is 449 g/mol. The number of anilines is 1. The first-order chi connectivity index (χ1) is 11.8. The first kappa shape index (κ1) is 18.1. The molecule has 0 fully saturated rings. The minimum Gasteiger partial charge on any atom is -0.506 e. The van der Waals surface area contributed by atoms with Crippen LogP contribution in [0.5, 0.6) is 5.75 Å². The first-order valence-corrected chi connectivity index (χ1v) is 9.31. The van der Waals surface area contributed by atoms with Crippen LogP contribution in [0.15, 0.2) is 34.8 Å². The summed E-state index contributed by atoms with van der Waals surface area (Å²) in [6, 6.07) is 8.25. The van der Waals surface area contributed by atoms with Crippen molar-refractivity contribution >= 4 is 61.5 Å². The van der Waals surface area contributed by atoms with Crippen molar-refractivity contribution in [2.75, 3.05) is 5.32 Å². The average molecular weight is 459 g/mol. The number of phenolic OH excluding ortho intramolecular Hbond substituents is 1. The second-order valence-electron chi connectivity index (χ2n) is 5.11. The summed E-state index contributed by atoms with van der Waals surface area (Å²) in [5.41, 5.74) is 1.81. The maximum atomic E-state index is 12.3. The Hall–Kier alpha value is -1.67. The third-order valence-corrected chi connectivity index (χ3v) is 5.59. The highest BCUT2D eigenvalue weighted by molar-refractivity contribution is 9.10. The highest BCUT2D eigenvalue weighted by atomic mass is 79.9. The van der Waals surface area contributed by atoms with Gasteiger partial charge >= 0.3 is 0 Å². The van der Waals surface area contributed by atoms with Gasteiger partial charge in [-0.25, -0.2) is 0 Å². The molecule has 1 amide bonds. The van der Waals surface area contributed by atoms with E-state index in [1.165, 1.54) is 12.1 Å². The van der Waals surface area contributed by atoms with Gasteiger partial charge < -0.3 is 5.11 Å². The van der Waals surface area contributed by atoms with Gasteiger partial charge in [-0.05, 0) is 42.8 Å². The summed E-state index contributed by atoms with van der Waals surface area (Å²) in [6.07, 6.45) is 0. The third-order valence-electron chi connectivity index (χ3n) is 3.32. The van der Waals surface area contributed by atoms with Gasteiger partial charge in [0.2, 0.25) is 5.13 Å². The van der Waals surface area contributed by atoms with E-state index in [1.807, 2.05) is 13.0 Å². The molecule has 0 atom stereocenters. The fourth-order valence-corrected chi connectivity index (χ4v) is 3.56. The molecule has 0 saturated carbocycles. The van der Waals surface area contributed by atoms with Crippen molar-refractivity contribution in [1.82, 2.24) is 10.2 Å². The van der Waals surface area contributed by atoms with E-state index < -0.39 is 0 Å². The molecule has 25 heavy (non-hydrogen) atoms. The number of rotatable bonds is 3. The van der Waals surface area contributed by atoms with Crippen LogP contribution in [0.2, 0.25) is 10.0 Å². The Bertz CT molecular complexity index is 978. The number of carbonyl (C=O) groups is 1. The Balaban J connectivity index is 1.85. The lowest BCUT2D eigenvalue weighted by Gasteiger charge is -2.04. The molecule has 0 aliphatic carbocycles. The van der Waals surface area contributed by atoms with Crippen molar-refractivity contribution in [2.45, 2.75) is 6.92 Å². The zero-order chi connectivity index (χ0) is 18.1. The monoisotopic (exact) mass is 457 g/mol. The predicted octanol–water partition coefficient (Wildman–Crippen LogP) is 5.54. The molecule has 5 nitrogen and oxygen atoms in total. The zero-order valence-electron chi connectivity index (χ0n) is 12.7. The SMILES string of the molecule is Cc1cc(C(=O)Nc2nnc(-c3cc(Cl)cc(Cl)c3O)s2)ccc1Br. The molecule has 9 heteroatoms. The molecule has 0 spiro atoms. The molecule has 0 saturated heterocycles. The molecule has 0 aliphatic rings. The Morgan fingerprint density at radius 2 is 2.00 bits per heavy atom. The van der Waals surface area contributed by atoms with Crippen LogP contribution in [0.1, 0.15) is 15.9 Å². The second kappa shape index (κ2) is 7.29. The van der Waals surface area contributed by atoms with E-state index in [4.69, 9.17) is 23.2 Å². The fourth-order valence-electron chi connectivity index (χ4n) is 2.07. The average Bonchev–Trinajstić information content (AvgIpc) is 3.01. The normalized spacial score (nSPS) is 10.7. The van der Waals surface area contributed by atoms with Crippen molar-refractivity contribution in [3.63, 3.8) is 0 Å². The predicted molar refractivity (Wildman–Crippen MR) is 104 cm³/mol. The molecule has 3 rings (SSSR count). The summed E-state index contributed by atoms with van der Waals surface area (Å²) in [7, 11) is 0. The Morgan fingerprint density at radius 3 is 2.72 bits per heavy atom. The van der Waals surface area contributed by atoms with Crippen LogP contribution >= 0.6 is 50.5 Å². The molecule has 2 N–H and O–H groups in total. The Labute approximate surface area is 165 Å². The number of aromatic hydroxyl groups is 1. The van der Waals surface area contributed by atoms with Gasteiger partial charge in [-0.15, -0.1) is 10.2 Å².